The van der Waals surface area contributed by atoms with E-state index in [1.807, 2.05) is 24.3 Å². The third-order valence-corrected chi connectivity index (χ3v) is 2.18. The number of carbonyl (C=O) groups is 2. The van der Waals surface area contributed by atoms with Crippen molar-refractivity contribution < 1.29 is 9.59 Å². The maximum atomic E-state index is 10.8. The first-order chi connectivity index (χ1) is 8.17. The Balaban J connectivity index is 2.56. The van der Waals surface area contributed by atoms with Gasteiger partial charge < -0.3 is 16.8 Å². The van der Waals surface area contributed by atoms with Gasteiger partial charge in [-0.15, -0.1) is 0 Å². The van der Waals surface area contributed by atoms with Gasteiger partial charge >= 0.3 is 0 Å². The number of rotatable bonds is 6. The molecule has 0 heterocycles. The molecule has 0 unspecified atom stereocenters. The Morgan fingerprint density at radius 2 is 2.06 bits per heavy atom. The molecule has 5 heteroatoms. The van der Waals surface area contributed by atoms with Gasteiger partial charge in [-0.05, 0) is 11.1 Å². The lowest BCUT2D eigenvalue weighted by atomic mass is 10.1. The number of Topliss-reactive ketones (excluding diaryl/α,β-unsaturated/α-hetero) is 1. The average Bonchev–Trinajstić information content (AvgIpc) is 2.37. The zero-order valence-corrected chi connectivity index (χ0v) is 9.35. The second-order valence-corrected chi connectivity index (χ2v) is 3.49. The number of aldehydes is 1. The summed E-state index contributed by atoms with van der Waals surface area (Å²) in [6, 6.07) is 7.72. The zero-order valence-electron chi connectivity index (χ0n) is 9.35. The number of hydrogen-bond donors (Lipinski definition) is 3. The summed E-state index contributed by atoms with van der Waals surface area (Å²) in [5.74, 6) is -0.729. The highest BCUT2D eigenvalue weighted by molar-refractivity contribution is 6.32. The van der Waals surface area contributed by atoms with Crippen LogP contribution in [0.4, 0.5) is 0 Å². The Labute approximate surface area is 99.5 Å². The van der Waals surface area contributed by atoms with E-state index >= 15 is 0 Å². The van der Waals surface area contributed by atoms with Gasteiger partial charge in [0.25, 0.3) is 0 Å². The van der Waals surface area contributed by atoms with Crippen LogP contribution in [0.1, 0.15) is 11.1 Å². The second kappa shape index (κ2) is 6.44. The summed E-state index contributed by atoms with van der Waals surface area (Å²) in [6.45, 7) is 0.996. The highest BCUT2D eigenvalue weighted by atomic mass is 16.2. The molecule has 0 aliphatic carbocycles. The Morgan fingerprint density at radius 1 is 1.35 bits per heavy atom. The first kappa shape index (κ1) is 12.9. The van der Waals surface area contributed by atoms with E-state index in [9.17, 15) is 9.59 Å². The molecule has 0 amide bonds. The van der Waals surface area contributed by atoms with Crippen LogP contribution in [0.15, 0.2) is 36.2 Å². The summed E-state index contributed by atoms with van der Waals surface area (Å²) in [4.78, 5) is 21.0. The van der Waals surface area contributed by atoms with Gasteiger partial charge in [-0.3, -0.25) is 9.59 Å². The number of hydrogen-bond acceptors (Lipinski definition) is 5. The molecular weight excluding hydrogens is 218 g/mol. The van der Waals surface area contributed by atoms with Crippen LogP contribution in [0.2, 0.25) is 0 Å². The SMILES string of the molecule is NCc1cccc(CN/C=C(\N)C(=O)C=O)c1. The van der Waals surface area contributed by atoms with Crippen LogP contribution >= 0.6 is 0 Å². The molecule has 0 radical (unpaired) electrons. The fourth-order valence-electron chi connectivity index (χ4n) is 1.28. The highest BCUT2D eigenvalue weighted by Gasteiger charge is 2.01. The van der Waals surface area contributed by atoms with E-state index in [0.717, 1.165) is 11.1 Å². The van der Waals surface area contributed by atoms with Crippen molar-refractivity contribution >= 4 is 12.1 Å². The molecule has 17 heavy (non-hydrogen) atoms. The molecule has 5 nitrogen and oxygen atoms in total. The monoisotopic (exact) mass is 233 g/mol. The van der Waals surface area contributed by atoms with Crippen molar-refractivity contribution in [2.75, 3.05) is 0 Å². The van der Waals surface area contributed by atoms with E-state index in [4.69, 9.17) is 11.5 Å². The number of allylic oxidation sites excluding steroid dienone is 1. The lowest BCUT2D eigenvalue weighted by Crippen LogP contribution is -2.17. The van der Waals surface area contributed by atoms with Crippen molar-refractivity contribution in [3.63, 3.8) is 0 Å². The van der Waals surface area contributed by atoms with Gasteiger partial charge in [0.15, 0.2) is 6.29 Å². The van der Waals surface area contributed by atoms with Gasteiger partial charge in [-0.1, -0.05) is 24.3 Å². The first-order valence-corrected chi connectivity index (χ1v) is 5.13. The van der Waals surface area contributed by atoms with Gasteiger partial charge in [0.2, 0.25) is 5.78 Å². The summed E-state index contributed by atoms with van der Waals surface area (Å²) in [5, 5.41) is 2.86. The van der Waals surface area contributed by atoms with E-state index in [0.29, 0.717) is 13.1 Å². The van der Waals surface area contributed by atoms with E-state index in [1.165, 1.54) is 6.20 Å². The maximum Gasteiger partial charge on any atom is 0.242 e. The first-order valence-electron chi connectivity index (χ1n) is 5.13. The van der Waals surface area contributed by atoms with Crippen LogP contribution in [-0.2, 0) is 22.7 Å². The van der Waals surface area contributed by atoms with Crippen molar-refractivity contribution in [3.8, 4) is 0 Å². The van der Waals surface area contributed by atoms with Crippen molar-refractivity contribution in [1.29, 1.82) is 0 Å². The van der Waals surface area contributed by atoms with Gasteiger partial charge in [0.05, 0.1) is 5.70 Å². The molecule has 0 aliphatic rings. The lowest BCUT2D eigenvalue weighted by Gasteiger charge is -2.04. The van der Waals surface area contributed by atoms with Crippen molar-refractivity contribution in [2.45, 2.75) is 13.1 Å². The lowest BCUT2D eigenvalue weighted by molar-refractivity contribution is -0.127. The highest BCUT2D eigenvalue weighted by Crippen LogP contribution is 2.04. The molecule has 1 aromatic rings. The van der Waals surface area contributed by atoms with Crippen molar-refractivity contribution in [1.82, 2.24) is 5.32 Å². The van der Waals surface area contributed by atoms with Crippen LogP contribution in [0.3, 0.4) is 0 Å². The quantitative estimate of drug-likeness (QED) is 0.359. The largest absolute Gasteiger partial charge is 0.394 e. The molecule has 1 rings (SSSR count). The maximum absolute atomic E-state index is 10.8. The smallest absolute Gasteiger partial charge is 0.242 e. The molecule has 5 N–H and O–H groups in total. The number of nitrogens with two attached hydrogens (primary N) is 2. The summed E-state index contributed by atoms with van der Waals surface area (Å²) in [6.07, 6.45) is 1.51. The third-order valence-electron chi connectivity index (χ3n) is 2.18. The molecule has 0 saturated carbocycles. The standard InChI is InChI=1S/C12H15N3O2/c13-5-9-2-1-3-10(4-9)6-15-7-11(14)12(17)8-16/h1-4,7-8,15H,5-6,13-14H2/b11-7-. The predicted octanol–water partition coefficient (Wildman–Crippen LogP) is -0.197. The van der Waals surface area contributed by atoms with Crippen molar-refractivity contribution in [3.05, 3.63) is 47.3 Å². The fourth-order valence-corrected chi connectivity index (χ4v) is 1.28. The summed E-state index contributed by atoms with van der Waals surface area (Å²) in [5.41, 5.74) is 12.8. The molecule has 0 atom stereocenters. The molecule has 1 aromatic carbocycles. The van der Waals surface area contributed by atoms with Crippen LogP contribution in [-0.4, -0.2) is 12.1 Å². The van der Waals surface area contributed by atoms with E-state index in [2.05, 4.69) is 5.32 Å². The number of carbonyl (C=O) groups excluding carboxylic acids is 2. The normalized spacial score (nSPS) is 11.0. The van der Waals surface area contributed by atoms with Gasteiger partial charge in [0.1, 0.15) is 0 Å². The molecule has 90 valence electrons. The molecule has 0 saturated heterocycles. The summed E-state index contributed by atoms with van der Waals surface area (Å²) < 4.78 is 0. The van der Waals surface area contributed by atoms with Crippen LogP contribution in [0, 0.1) is 0 Å². The van der Waals surface area contributed by atoms with E-state index in [1.54, 1.807) is 0 Å². The minimum atomic E-state index is -0.729. The molecule has 0 fully saturated rings. The molecular formula is C12H15N3O2. The minimum absolute atomic E-state index is 0.102. The predicted molar refractivity (Wildman–Crippen MR) is 64.5 cm³/mol. The van der Waals surface area contributed by atoms with Crippen LogP contribution < -0.4 is 16.8 Å². The number of benzene rings is 1. The number of nitrogens with one attached hydrogen (secondary N) is 1. The summed E-state index contributed by atoms with van der Waals surface area (Å²) in [7, 11) is 0. The van der Waals surface area contributed by atoms with Gasteiger partial charge in [-0.25, -0.2) is 0 Å². The van der Waals surface area contributed by atoms with Crippen molar-refractivity contribution in [2.24, 2.45) is 11.5 Å². The third kappa shape index (κ3) is 4.08. The van der Waals surface area contributed by atoms with Gasteiger partial charge in [0, 0.05) is 19.3 Å². The van der Waals surface area contributed by atoms with Gasteiger partial charge in [-0.2, -0.15) is 0 Å². The van der Waals surface area contributed by atoms with E-state index < -0.39 is 5.78 Å². The Bertz CT molecular complexity index is 441. The second-order valence-electron chi connectivity index (χ2n) is 3.49. The minimum Gasteiger partial charge on any atom is -0.394 e. The van der Waals surface area contributed by atoms with E-state index in [-0.39, 0.29) is 12.0 Å². The van der Waals surface area contributed by atoms with Crippen LogP contribution in [0.25, 0.3) is 0 Å². The number of ketones is 1. The molecule has 0 aromatic heterocycles. The molecule has 0 aliphatic heterocycles. The Morgan fingerprint density at radius 3 is 2.71 bits per heavy atom. The average molecular weight is 233 g/mol. The topological polar surface area (TPSA) is 98.2 Å². The molecule has 0 spiro atoms. The summed E-state index contributed by atoms with van der Waals surface area (Å²) >= 11 is 0. The Kier molecular flexibility index (Phi) is 4.90. The fraction of sp³-hybridized carbons (Fsp3) is 0.167. The Hall–Kier alpha value is -2.14. The zero-order chi connectivity index (χ0) is 12.7. The van der Waals surface area contributed by atoms with Crippen LogP contribution in [0.5, 0.6) is 0 Å². The molecule has 0 bridgehead atoms.